The van der Waals surface area contributed by atoms with Crippen LogP contribution < -0.4 is 15.5 Å². The first-order valence-electron chi connectivity index (χ1n) is 11.0. The van der Waals surface area contributed by atoms with Gasteiger partial charge in [0.2, 0.25) is 0 Å². The van der Waals surface area contributed by atoms with E-state index in [2.05, 4.69) is 64.5 Å². The standard InChI is InChI=1S/C22H35N7O/c1-5-19-18(20(6-2)30-27-19)16-26-22(23-7-3)25-15-17-8-9-24-21(14-17)29-12-10-28(4)11-13-29/h8-9,14H,5-7,10-13,15-16H2,1-4H3,(H2,23,25,26). The predicted molar refractivity (Wildman–Crippen MR) is 121 cm³/mol. The van der Waals surface area contributed by atoms with Gasteiger partial charge in [0.25, 0.3) is 0 Å². The SMILES string of the molecule is CCNC(=NCc1ccnc(N2CCN(C)CC2)c1)NCc1c(CC)noc1CC. The van der Waals surface area contributed by atoms with E-state index in [-0.39, 0.29) is 0 Å². The molecule has 0 saturated carbocycles. The monoisotopic (exact) mass is 413 g/mol. The van der Waals surface area contributed by atoms with Crippen molar-refractivity contribution in [3.63, 3.8) is 0 Å². The van der Waals surface area contributed by atoms with Crippen LogP contribution in [0.4, 0.5) is 5.82 Å². The summed E-state index contributed by atoms with van der Waals surface area (Å²) >= 11 is 0. The quantitative estimate of drug-likeness (QED) is 0.507. The zero-order valence-corrected chi connectivity index (χ0v) is 18.7. The van der Waals surface area contributed by atoms with Gasteiger partial charge in [-0.2, -0.15) is 0 Å². The molecule has 3 rings (SSSR count). The van der Waals surface area contributed by atoms with E-state index in [0.29, 0.717) is 13.1 Å². The maximum Gasteiger partial charge on any atom is 0.191 e. The van der Waals surface area contributed by atoms with Crippen molar-refractivity contribution in [2.24, 2.45) is 4.99 Å². The normalized spacial score (nSPS) is 15.5. The van der Waals surface area contributed by atoms with Gasteiger partial charge in [0.1, 0.15) is 11.6 Å². The van der Waals surface area contributed by atoms with Gasteiger partial charge in [0.05, 0.1) is 12.2 Å². The number of likely N-dealkylation sites (N-methyl/N-ethyl adjacent to an activating group) is 1. The van der Waals surface area contributed by atoms with Crippen molar-refractivity contribution in [2.45, 2.75) is 46.7 Å². The fourth-order valence-corrected chi connectivity index (χ4v) is 3.59. The summed E-state index contributed by atoms with van der Waals surface area (Å²) < 4.78 is 5.47. The Morgan fingerprint density at radius 1 is 1.13 bits per heavy atom. The number of aryl methyl sites for hydroxylation is 2. The summed E-state index contributed by atoms with van der Waals surface area (Å²) in [5, 5.41) is 11.0. The topological polar surface area (TPSA) is 81.8 Å². The lowest BCUT2D eigenvalue weighted by Crippen LogP contribution is -2.44. The van der Waals surface area contributed by atoms with E-state index in [1.807, 2.05) is 12.3 Å². The van der Waals surface area contributed by atoms with Gasteiger partial charge in [-0.1, -0.05) is 19.0 Å². The molecule has 0 atom stereocenters. The minimum Gasteiger partial charge on any atom is -0.361 e. The molecular formula is C22H35N7O. The van der Waals surface area contributed by atoms with E-state index in [1.54, 1.807) is 0 Å². The summed E-state index contributed by atoms with van der Waals surface area (Å²) in [4.78, 5) is 14.0. The number of nitrogens with one attached hydrogen (secondary N) is 2. The summed E-state index contributed by atoms with van der Waals surface area (Å²) in [6.45, 7) is 12.5. The van der Waals surface area contributed by atoms with Crippen molar-refractivity contribution < 1.29 is 4.52 Å². The van der Waals surface area contributed by atoms with Crippen LogP contribution in [0.3, 0.4) is 0 Å². The number of piperazine rings is 1. The minimum absolute atomic E-state index is 0.601. The number of nitrogens with zero attached hydrogens (tertiary/aromatic N) is 5. The third kappa shape index (κ3) is 5.72. The van der Waals surface area contributed by atoms with E-state index in [0.717, 1.165) is 79.9 Å². The number of aliphatic imine (C=N–C) groups is 1. The van der Waals surface area contributed by atoms with Crippen LogP contribution in [0.5, 0.6) is 0 Å². The van der Waals surface area contributed by atoms with Crippen LogP contribution in [-0.4, -0.2) is 60.8 Å². The van der Waals surface area contributed by atoms with Crippen molar-refractivity contribution >= 4 is 11.8 Å². The lowest BCUT2D eigenvalue weighted by Gasteiger charge is -2.33. The Balaban J connectivity index is 1.65. The Hall–Kier alpha value is -2.61. The zero-order valence-electron chi connectivity index (χ0n) is 18.7. The third-order valence-electron chi connectivity index (χ3n) is 5.44. The molecule has 0 aliphatic carbocycles. The summed E-state index contributed by atoms with van der Waals surface area (Å²) in [6, 6.07) is 4.19. The van der Waals surface area contributed by atoms with Gasteiger partial charge in [-0.05, 0) is 38.1 Å². The summed E-state index contributed by atoms with van der Waals surface area (Å²) in [6.07, 6.45) is 3.58. The molecule has 2 aromatic rings. The lowest BCUT2D eigenvalue weighted by atomic mass is 10.1. The van der Waals surface area contributed by atoms with Crippen LogP contribution in [0.15, 0.2) is 27.8 Å². The van der Waals surface area contributed by atoms with Crippen molar-refractivity contribution in [1.29, 1.82) is 0 Å². The molecule has 3 heterocycles. The van der Waals surface area contributed by atoms with E-state index in [4.69, 9.17) is 9.52 Å². The number of aromatic nitrogens is 2. The van der Waals surface area contributed by atoms with Crippen LogP contribution >= 0.6 is 0 Å². The second kappa shape index (κ2) is 11.0. The van der Waals surface area contributed by atoms with Gasteiger partial charge < -0.3 is 25.0 Å². The Kier molecular flexibility index (Phi) is 8.07. The highest BCUT2D eigenvalue weighted by molar-refractivity contribution is 5.79. The fraction of sp³-hybridized carbons (Fsp3) is 0.591. The average Bonchev–Trinajstić information content (AvgIpc) is 3.18. The first-order chi connectivity index (χ1) is 14.6. The molecule has 1 aliphatic rings. The molecule has 2 N–H and O–H groups in total. The molecule has 1 saturated heterocycles. The predicted octanol–water partition coefficient (Wildman–Crippen LogP) is 2.20. The van der Waals surface area contributed by atoms with Crippen molar-refractivity contribution in [2.75, 3.05) is 44.7 Å². The van der Waals surface area contributed by atoms with Gasteiger partial charge in [-0.15, -0.1) is 0 Å². The van der Waals surface area contributed by atoms with Crippen LogP contribution in [0.2, 0.25) is 0 Å². The van der Waals surface area contributed by atoms with Gasteiger partial charge in [0, 0.05) is 57.4 Å². The number of guanidine groups is 1. The molecule has 1 fully saturated rings. The molecule has 0 amide bonds. The molecule has 0 aromatic carbocycles. The molecule has 8 nitrogen and oxygen atoms in total. The van der Waals surface area contributed by atoms with Gasteiger partial charge in [0.15, 0.2) is 5.96 Å². The molecule has 164 valence electrons. The van der Waals surface area contributed by atoms with E-state index in [1.165, 1.54) is 0 Å². The summed E-state index contributed by atoms with van der Waals surface area (Å²) in [5.74, 6) is 2.78. The molecule has 30 heavy (non-hydrogen) atoms. The highest BCUT2D eigenvalue weighted by atomic mass is 16.5. The largest absolute Gasteiger partial charge is 0.361 e. The molecule has 2 aromatic heterocycles. The molecule has 8 heteroatoms. The summed E-state index contributed by atoms with van der Waals surface area (Å²) in [5.41, 5.74) is 3.32. The van der Waals surface area contributed by atoms with Crippen molar-refractivity contribution in [1.82, 2.24) is 25.7 Å². The molecule has 0 radical (unpaired) electrons. The van der Waals surface area contributed by atoms with E-state index < -0.39 is 0 Å². The molecule has 0 unspecified atom stereocenters. The van der Waals surface area contributed by atoms with Crippen LogP contribution in [0, 0.1) is 0 Å². The fourth-order valence-electron chi connectivity index (χ4n) is 3.59. The zero-order chi connectivity index (χ0) is 21.3. The number of pyridine rings is 1. The van der Waals surface area contributed by atoms with E-state index >= 15 is 0 Å². The Morgan fingerprint density at radius 2 is 1.93 bits per heavy atom. The van der Waals surface area contributed by atoms with Crippen molar-refractivity contribution in [3.8, 4) is 0 Å². The maximum atomic E-state index is 5.47. The first-order valence-corrected chi connectivity index (χ1v) is 11.0. The average molecular weight is 414 g/mol. The second-order valence-electron chi connectivity index (χ2n) is 7.60. The van der Waals surface area contributed by atoms with Crippen LogP contribution in [0.1, 0.15) is 43.4 Å². The van der Waals surface area contributed by atoms with Crippen LogP contribution in [-0.2, 0) is 25.9 Å². The minimum atomic E-state index is 0.601. The highest BCUT2D eigenvalue weighted by Gasteiger charge is 2.16. The van der Waals surface area contributed by atoms with E-state index in [9.17, 15) is 0 Å². The van der Waals surface area contributed by atoms with Gasteiger partial charge >= 0.3 is 0 Å². The van der Waals surface area contributed by atoms with Gasteiger partial charge in [-0.25, -0.2) is 9.98 Å². The smallest absolute Gasteiger partial charge is 0.191 e. The summed E-state index contributed by atoms with van der Waals surface area (Å²) in [7, 11) is 2.16. The Labute approximate surface area is 179 Å². The lowest BCUT2D eigenvalue weighted by molar-refractivity contribution is 0.312. The Morgan fingerprint density at radius 3 is 2.63 bits per heavy atom. The Bertz CT molecular complexity index is 803. The number of rotatable bonds is 8. The first kappa shape index (κ1) is 22.1. The van der Waals surface area contributed by atoms with Crippen LogP contribution in [0.25, 0.3) is 0 Å². The molecule has 0 bridgehead atoms. The molecular weight excluding hydrogens is 378 g/mol. The third-order valence-corrected chi connectivity index (χ3v) is 5.44. The van der Waals surface area contributed by atoms with Crippen molar-refractivity contribution in [3.05, 3.63) is 40.9 Å². The highest BCUT2D eigenvalue weighted by Crippen LogP contribution is 2.16. The maximum absolute atomic E-state index is 5.47. The second-order valence-corrected chi connectivity index (χ2v) is 7.60. The number of hydrogen-bond acceptors (Lipinski definition) is 6. The molecule has 1 aliphatic heterocycles. The molecule has 0 spiro atoms. The number of hydrogen-bond donors (Lipinski definition) is 2. The number of anilines is 1. The van der Waals surface area contributed by atoms with Gasteiger partial charge in [-0.3, -0.25) is 0 Å².